The van der Waals surface area contributed by atoms with Crippen molar-refractivity contribution in [2.75, 3.05) is 6.61 Å². The van der Waals surface area contributed by atoms with Crippen LogP contribution in [0, 0.1) is 5.82 Å². The van der Waals surface area contributed by atoms with Crippen LogP contribution in [0.5, 0.6) is 0 Å². The Hall–Kier alpha value is -2.08. The molecule has 1 unspecified atom stereocenters. The maximum atomic E-state index is 13.3. The highest BCUT2D eigenvalue weighted by molar-refractivity contribution is 8.16. The first-order valence-electron chi connectivity index (χ1n) is 7.37. The van der Waals surface area contributed by atoms with Gasteiger partial charge in [0.2, 0.25) is 0 Å². The molecule has 0 spiro atoms. The maximum absolute atomic E-state index is 13.3. The molecule has 2 aliphatic heterocycles. The average molecular weight is 332 g/mol. The largest absolute Gasteiger partial charge is 0.463 e. The molecule has 0 saturated heterocycles. The molecule has 4 nitrogen and oxygen atoms in total. The van der Waals surface area contributed by atoms with Gasteiger partial charge in [-0.25, -0.2) is 14.2 Å². The SMILES string of the molecule is CCOC(=O)C1=C(C)N=C2SC=C(C)N2C1c1ccc(F)cc1. The number of carbonyl (C=O) groups is 1. The standard InChI is InChI=1S/C17H17FN2O2S/c1-4-22-16(21)14-11(3)19-17-20(10(2)9-23-17)15(14)12-5-7-13(18)8-6-12/h5-9,15H,4H2,1-3H3. The lowest BCUT2D eigenvalue weighted by molar-refractivity contribution is -0.139. The number of thioether (sulfide) groups is 1. The molecule has 23 heavy (non-hydrogen) atoms. The molecule has 2 heterocycles. The second kappa shape index (κ2) is 6.20. The van der Waals surface area contributed by atoms with E-state index < -0.39 is 0 Å². The predicted molar refractivity (Wildman–Crippen MR) is 89.1 cm³/mol. The number of allylic oxidation sites excluding steroid dienone is 2. The van der Waals surface area contributed by atoms with Crippen LogP contribution in [0.25, 0.3) is 0 Å². The number of rotatable bonds is 3. The fourth-order valence-corrected chi connectivity index (χ4v) is 3.70. The van der Waals surface area contributed by atoms with Crippen molar-refractivity contribution in [3.63, 3.8) is 0 Å². The molecule has 0 fully saturated rings. The first-order valence-corrected chi connectivity index (χ1v) is 8.25. The maximum Gasteiger partial charge on any atom is 0.338 e. The van der Waals surface area contributed by atoms with Crippen LogP contribution in [0.4, 0.5) is 4.39 Å². The predicted octanol–water partition coefficient (Wildman–Crippen LogP) is 3.98. The number of hydrogen-bond donors (Lipinski definition) is 0. The Morgan fingerprint density at radius 1 is 1.35 bits per heavy atom. The Balaban J connectivity index is 2.13. The van der Waals surface area contributed by atoms with Gasteiger partial charge >= 0.3 is 5.97 Å². The first-order chi connectivity index (χ1) is 11.0. The molecule has 0 amide bonds. The molecule has 120 valence electrons. The lowest BCUT2D eigenvalue weighted by Crippen LogP contribution is -2.36. The van der Waals surface area contributed by atoms with Crippen LogP contribution in [-0.4, -0.2) is 22.6 Å². The normalized spacial score (nSPS) is 20.2. The van der Waals surface area contributed by atoms with Crippen LogP contribution < -0.4 is 0 Å². The number of benzene rings is 1. The van der Waals surface area contributed by atoms with Gasteiger partial charge in [0.15, 0.2) is 5.17 Å². The van der Waals surface area contributed by atoms with E-state index in [2.05, 4.69) is 4.99 Å². The van der Waals surface area contributed by atoms with Crippen molar-refractivity contribution in [1.29, 1.82) is 0 Å². The van der Waals surface area contributed by atoms with Gasteiger partial charge in [-0.15, -0.1) is 0 Å². The van der Waals surface area contributed by atoms with E-state index in [1.807, 2.05) is 17.2 Å². The number of carbonyl (C=O) groups excluding carboxylic acids is 1. The summed E-state index contributed by atoms with van der Waals surface area (Å²) in [5.74, 6) is -0.688. The summed E-state index contributed by atoms with van der Waals surface area (Å²) in [5, 5.41) is 2.82. The number of aliphatic imine (C=N–C) groups is 1. The summed E-state index contributed by atoms with van der Waals surface area (Å²) in [7, 11) is 0. The van der Waals surface area contributed by atoms with Crippen molar-refractivity contribution in [3.05, 3.63) is 58.0 Å². The quantitative estimate of drug-likeness (QED) is 0.785. The zero-order chi connectivity index (χ0) is 16.6. The smallest absolute Gasteiger partial charge is 0.338 e. The molecule has 2 aliphatic rings. The fourth-order valence-electron chi connectivity index (χ4n) is 2.76. The van der Waals surface area contributed by atoms with Crippen molar-refractivity contribution in [1.82, 2.24) is 4.90 Å². The van der Waals surface area contributed by atoms with Crippen molar-refractivity contribution in [2.45, 2.75) is 26.8 Å². The summed E-state index contributed by atoms with van der Waals surface area (Å²) in [4.78, 5) is 19.0. The average Bonchev–Trinajstić information content (AvgIpc) is 2.88. The summed E-state index contributed by atoms with van der Waals surface area (Å²) in [6.07, 6.45) is 0. The van der Waals surface area contributed by atoms with Gasteiger partial charge in [0.05, 0.1) is 23.9 Å². The number of hydrogen-bond acceptors (Lipinski definition) is 5. The van der Waals surface area contributed by atoms with Gasteiger partial charge in [-0.05, 0) is 43.9 Å². The van der Waals surface area contributed by atoms with E-state index >= 15 is 0 Å². The minimum Gasteiger partial charge on any atom is -0.463 e. The molecule has 6 heteroatoms. The molecule has 1 aromatic carbocycles. The van der Waals surface area contributed by atoms with Gasteiger partial charge in [-0.3, -0.25) is 0 Å². The van der Waals surface area contributed by atoms with Crippen LogP contribution in [0.15, 0.2) is 51.6 Å². The summed E-state index contributed by atoms with van der Waals surface area (Å²) in [6, 6.07) is 5.85. The van der Waals surface area contributed by atoms with Gasteiger partial charge < -0.3 is 9.64 Å². The number of esters is 1. The highest BCUT2D eigenvalue weighted by Gasteiger charge is 2.39. The van der Waals surface area contributed by atoms with Gasteiger partial charge in [0, 0.05) is 5.70 Å². The molecule has 1 aromatic rings. The Labute approximate surface area is 138 Å². The zero-order valence-electron chi connectivity index (χ0n) is 13.2. The Morgan fingerprint density at radius 2 is 2.04 bits per heavy atom. The third-order valence-electron chi connectivity index (χ3n) is 3.79. The van der Waals surface area contributed by atoms with Crippen LogP contribution in [0.2, 0.25) is 0 Å². The molecule has 0 radical (unpaired) electrons. The molecule has 1 atom stereocenters. The van der Waals surface area contributed by atoms with Crippen LogP contribution in [0.3, 0.4) is 0 Å². The molecule has 0 aromatic heterocycles. The Kier molecular flexibility index (Phi) is 4.26. The third-order valence-corrected chi connectivity index (χ3v) is 4.74. The van der Waals surface area contributed by atoms with Gasteiger partial charge in [0.1, 0.15) is 5.82 Å². The molecule has 0 aliphatic carbocycles. The van der Waals surface area contributed by atoms with E-state index in [0.29, 0.717) is 17.9 Å². The number of halogens is 1. The topological polar surface area (TPSA) is 41.9 Å². The highest BCUT2D eigenvalue weighted by Crippen LogP contribution is 2.43. The molecular formula is C17H17FN2O2S. The monoisotopic (exact) mass is 332 g/mol. The Morgan fingerprint density at radius 3 is 2.70 bits per heavy atom. The molecule has 0 bridgehead atoms. The number of amidine groups is 1. The first kappa shape index (κ1) is 15.8. The van der Waals surface area contributed by atoms with Crippen molar-refractivity contribution >= 4 is 22.9 Å². The number of fused-ring (bicyclic) bond motifs is 1. The summed E-state index contributed by atoms with van der Waals surface area (Å²) >= 11 is 1.52. The van der Waals surface area contributed by atoms with Gasteiger partial charge in [-0.2, -0.15) is 0 Å². The molecule has 3 rings (SSSR count). The van der Waals surface area contributed by atoms with Crippen molar-refractivity contribution < 1.29 is 13.9 Å². The molecule has 0 saturated carbocycles. The fraction of sp³-hybridized carbons (Fsp3) is 0.294. The van der Waals surface area contributed by atoms with E-state index in [-0.39, 0.29) is 17.8 Å². The van der Waals surface area contributed by atoms with Crippen LogP contribution in [-0.2, 0) is 9.53 Å². The lowest BCUT2D eigenvalue weighted by atomic mass is 9.94. The van der Waals surface area contributed by atoms with Gasteiger partial charge in [-0.1, -0.05) is 23.9 Å². The van der Waals surface area contributed by atoms with Gasteiger partial charge in [0.25, 0.3) is 0 Å². The number of ether oxygens (including phenoxy) is 1. The molecule has 0 N–H and O–H groups in total. The minimum absolute atomic E-state index is 0.298. The lowest BCUT2D eigenvalue weighted by Gasteiger charge is -2.35. The van der Waals surface area contributed by atoms with Crippen LogP contribution >= 0.6 is 11.8 Å². The number of nitrogens with zero attached hydrogens (tertiary/aromatic N) is 2. The zero-order valence-corrected chi connectivity index (χ0v) is 14.0. The third kappa shape index (κ3) is 2.79. The Bertz CT molecular complexity index is 737. The van der Waals surface area contributed by atoms with E-state index in [9.17, 15) is 9.18 Å². The summed E-state index contributed by atoms with van der Waals surface area (Å²) < 4.78 is 18.5. The second-order valence-electron chi connectivity index (χ2n) is 5.32. The van der Waals surface area contributed by atoms with E-state index in [0.717, 1.165) is 16.4 Å². The van der Waals surface area contributed by atoms with Crippen LogP contribution in [0.1, 0.15) is 32.4 Å². The van der Waals surface area contributed by atoms with Crippen molar-refractivity contribution in [3.8, 4) is 0 Å². The van der Waals surface area contributed by atoms with E-state index in [1.165, 1.54) is 23.9 Å². The minimum atomic E-state index is -0.383. The summed E-state index contributed by atoms with van der Waals surface area (Å²) in [5.41, 5.74) is 2.96. The second-order valence-corrected chi connectivity index (χ2v) is 6.15. The highest BCUT2D eigenvalue weighted by atomic mass is 32.2. The molecular weight excluding hydrogens is 315 g/mol. The van der Waals surface area contributed by atoms with E-state index in [4.69, 9.17) is 4.74 Å². The van der Waals surface area contributed by atoms with E-state index in [1.54, 1.807) is 26.0 Å². The summed E-state index contributed by atoms with van der Waals surface area (Å²) in [6.45, 7) is 5.85. The van der Waals surface area contributed by atoms with Crippen molar-refractivity contribution in [2.24, 2.45) is 4.99 Å².